The molecule has 3 amide bonds. The Morgan fingerprint density at radius 1 is 1.50 bits per heavy atom. The van der Waals surface area contributed by atoms with Gasteiger partial charge in [0.05, 0.1) is 17.2 Å². The van der Waals surface area contributed by atoms with Crippen LogP contribution in [0.4, 0.5) is 4.79 Å². The summed E-state index contributed by atoms with van der Waals surface area (Å²) in [5.74, 6) is -0.481. The lowest BCUT2D eigenvalue weighted by Crippen LogP contribution is -2.47. The smallest absolute Gasteiger partial charge is 0.295 e. The Kier molecular flexibility index (Phi) is 1.75. The third-order valence-electron chi connectivity index (χ3n) is 3.14. The molecule has 2 rings (SSSR count). The predicted octanol–water partition coefficient (Wildman–Crippen LogP) is 0.0174. The molecule has 76 valence electrons. The number of fused-ring (bicyclic) bond motifs is 1. The first-order valence-corrected chi connectivity index (χ1v) is 4.58. The Labute approximate surface area is 82.2 Å². The zero-order valence-electron chi connectivity index (χ0n) is 8.50. The fourth-order valence-electron chi connectivity index (χ4n) is 1.96. The van der Waals surface area contributed by atoms with Crippen LogP contribution >= 0.6 is 0 Å². The SMILES string of the molecule is CN1CC2C(=O)NC(=O)N=C2C1(C)C. The van der Waals surface area contributed by atoms with Crippen LogP contribution in [0.1, 0.15) is 13.8 Å². The van der Waals surface area contributed by atoms with E-state index in [1.54, 1.807) is 0 Å². The van der Waals surface area contributed by atoms with Gasteiger partial charge in [0.15, 0.2) is 0 Å². The molecule has 0 radical (unpaired) electrons. The number of imide groups is 1. The zero-order valence-corrected chi connectivity index (χ0v) is 8.50. The normalized spacial score (nSPS) is 31.1. The van der Waals surface area contributed by atoms with E-state index >= 15 is 0 Å². The van der Waals surface area contributed by atoms with Crippen molar-refractivity contribution >= 4 is 17.6 Å². The molecule has 0 aliphatic carbocycles. The van der Waals surface area contributed by atoms with E-state index in [9.17, 15) is 9.59 Å². The maximum atomic E-state index is 11.5. The van der Waals surface area contributed by atoms with Gasteiger partial charge in [-0.1, -0.05) is 0 Å². The van der Waals surface area contributed by atoms with Crippen LogP contribution in [-0.4, -0.2) is 41.7 Å². The summed E-state index contributed by atoms with van der Waals surface area (Å²) in [6, 6.07) is -0.537. The number of amides is 3. The van der Waals surface area contributed by atoms with Crippen molar-refractivity contribution in [3.05, 3.63) is 0 Å². The van der Waals surface area contributed by atoms with Gasteiger partial charge in [-0.15, -0.1) is 0 Å². The van der Waals surface area contributed by atoms with Gasteiger partial charge in [-0.3, -0.25) is 15.0 Å². The molecule has 5 heteroatoms. The van der Waals surface area contributed by atoms with E-state index < -0.39 is 6.03 Å². The highest BCUT2D eigenvalue weighted by Gasteiger charge is 2.48. The number of hydrogen-bond acceptors (Lipinski definition) is 3. The number of carbonyl (C=O) groups is 2. The lowest BCUT2D eigenvalue weighted by atomic mass is 9.92. The quantitative estimate of drug-likeness (QED) is 0.592. The molecule has 1 N–H and O–H groups in total. The summed E-state index contributed by atoms with van der Waals surface area (Å²) in [5, 5.41) is 2.22. The average molecular weight is 195 g/mol. The minimum atomic E-state index is -0.537. The Balaban J connectivity index is 2.47. The molecule has 1 unspecified atom stereocenters. The minimum absolute atomic E-state index is 0.225. The number of hydrogen-bond donors (Lipinski definition) is 1. The largest absolute Gasteiger partial charge is 0.347 e. The second kappa shape index (κ2) is 2.63. The second-order valence-electron chi connectivity index (χ2n) is 4.28. The number of rotatable bonds is 0. The first-order valence-electron chi connectivity index (χ1n) is 4.58. The van der Waals surface area contributed by atoms with Crippen LogP contribution in [0.2, 0.25) is 0 Å². The van der Waals surface area contributed by atoms with Crippen LogP contribution < -0.4 is 5.32 Å². The topological polar surface area (TPSA) is 61.8 Å². The van der Waals surface area contributed by atoms with Gasteiger partial charge < -0.3 is 0 Å². The highest BCUT2D eigenvalue weighted by atomic mass is 16.2. The molecule has 2 heterocycles. The molecular weight excluding hydrogens is 182 g/mol. The molecule has 2 aliphatic heterocycles. The molecule has 5 nitrogen and oxygen atoms in total. The van der Waals surface area contributed by atoms with Crippen LogP contribution in [0.3, 0.4) is 0 Å². The molecule has 1 fully saturated rings. The monoisotopic (exact) mass is 195 g/mol. The third kappa shape index (κ3) is 1.09. The number of nitrogens with zero attached hydrogens (tertiary/aromatic N) is 2. The standard InChI is InChI=1S/C9H13N3O2/c1-9(2)6-5(4-12(9)3)7(13)11-8(14)10-6/h5H,4H2,1-3H3,(H,11,13,14). The summed E-state index contributed by atoms with van der Waals surface area (Å²) in [4.78, 5) is 28.5. The van der Waals surface area contributed by atoms with Crippen molar-refractivity contribution in [2.75, 3.05) is 13.6 Å². The van der Waals surface area contributed by atoms with Crippen molar-refractivity contribution < 1.29 is 9.59 Å². The fraction of sp³-hybridized carbons (Fsp3) is 0.667. The van der Waals surface area contributed by atoms with Gasteiger partial charge in [-0.2, -0.15) is 4.99 Å². The van der Waals surface area contributed by atoms with E-state index in [1.165, 1.54) is 0 Å². The zero-order chi connectivity index (χ0) is 10.5. The lowest BCUT2D eigenvalue weighted by Gasteiger charge is -2.28. The molecule has 0 bridgehead atoms. The van der Waals surface area contributed by atoms with E-state index in [0.717, 1.165) is 0 Å². The molecule has 0 aromatic carbocycles. The molecule has 0 saturated carbocycles. The number of nitrogens with one attached hydrogen (secondary N) is 1. The Morgan fingerprint density at radius 3 is 2.79 bits per heavy atom. The van der Waals surface area contributed by atoms with Crippen molar-refractivity contribution in [2.45, 2.75) is 19.4 Å². The fourth-order valence-corrected chi connectivity index (χ4v) is 1.96. The van der Waals surface area contributed by atoms with Gasteiger partial charge in [0.2, 0.25) is 5.91 Å². The van der Waals surface area contributed by atoms with Crippen molar-refractivity contribution in [3.8, 4) is 0 Å². The second-order valence-corrected chi connectivity index (χ2v) is 4.28. The molecule has 2 aliphatic rings. The molecule has 14 heavy (non-hydrogen) atoms. The number of likely N-dealkylation sites (tertiary alicyclic amines) is 1. The average Bonchev–Trinajstić information content (AvgIpc) is 2.28. The van der Waals surface area contributed by atoms with Crippen LogP contribution in [0.15, 0.2) is 4.99 Å². The molecule has 1 saturated heterocycles. The Bertz CT molecular complexity index is 346. The minimum Gasteiger partial charge on any atom is -0.295 e. The van der Waals surface area contributed by atoms with Crippen molar-refractivity contribution in [2.24, 2.45) is 10.9 Å². The lowest BCUT2D eigenvalue weighted by molar-refractivity contribution is -0.122. The first kappa shape index (κ1) is 9.33. The predicted molar refractivity (Wildman–Crippen MR) is 51.2 cm³/mol. The highest BCUT2D eigenvalue weighted by molar-refractivity contribution is 6.20. The number of carbonyl (C=O) groups excluding carboxylic acids is 2. The van der Waals surface area contributed by atoms with Crippen molar-refractivity contribution in [1.82, 2.24) is 10.2 Å². The first-order chi connectivity index (χ1) is 6.43. The van der Waals surface area contributed by atoms with Gasteiger partial charge in [-0.05, 0) is 20.9 Å². The van der Waals surface area contributed by atoms with Gasteiger partial charge >= 0.3 is 6.03 Å². The van der Waals surface area contributed by atoms with Gasteiger partial charge in [0.1, 0.15) is 0 Å². The summed E-state index contributed by atoms with van der Waals surface area (Å²) in [7, 11) is 1.93. The molecule has 0 spiro atoms. The molecular formula is C9H13N3O2. The summed E-state index contributed by atoms with van der Waals surface area (Å²) in [6.07, 6.45) is 0. The number of aliphatic imine (C=N–C) groups is 1. The van der Waals surface area contributed by atoms with Crippen molar-refractivity contribution in [1.29, 1.82) is 0 Å². The summed E-state index contributed by atoms with van der Waals surface area (Å²) < 4.78 is 0. The van der Waals surface area contributed by atoms with E-state index in [-0.39, 0.29) is 17.4 Å². The van der Waals surface area contributed by atoms with E-state index in [0.29, 0.717) is 12.3 Å². The van der Waals surface area contributed by atoms with Crippen LogP contribution in [-0.2, 0) is 4.79 Å². The third-order valence-corrected chi connectivity index (χ3v) is 3.14. The Morgan fingerprint density at radius 2 is 2.14 bits per heavy atom. The van der Waals surface area contributed by atoms with Gasteiger partial charge in [0.25, 0.3) is 0 Å². The van der Waals surface area contributed by atoms with Gasteiger partial charge in [0, 0.05) is 6.54 Å². The molecule has 0 aromatic rings. The van der Waals surface area contributed by atoms with E-state index in [2.05, 4.69) is 10.3 Å². The van der Waals surface area contributed by atoms with Crippen LogP contribution in [0, 0.1) is 5.92 Å². The van der Waals surface area contributed by atoms with Crippen molar-refractivity contribution in [3.63, 3.8) is 0 Å². The van der Waals surface area contributed by atoms with E-state index in [4.69, 9.17) is 0 Å². The van der Waals surface area contributed by atoms with Gasteiger partial charge in [-0.25, -0.2) is 4.79 Å². The summed E-state index contributed by atoms with van der Waals surface area (Å²) in [6.45, 7) is 4.57. The van der Waals surface area contributed by atoms with Crippen LogP contribution in [0.5, 0.6) is 0 Å². The highest BCUT2D eigenvalue weighted by Crippen LogP contribution is 2.30. The Hall–Kier alpha value is -1.23. The summed E-state index contributed by atoms with van der Waals surface area (Å²) in [5.41, 5.74) is 0.395. The maximum absolute atomic E-state index is 11.5. The van der Waals surface area contributed by atoms with Crippen LogP contribution in [0.25, 0.3) is 0 Å². The number of urea groups is 1. The molecule has 0 aromatic heterocycles. The summed E-state index contributed by atoms with van der Waals surface area (Å²) >= 11 is 0. The molecule has 1 atom stereocenters. The maximum Gasteiger partial charge on any atom is 0.347 e. The van der Waals surface area contributed by atoms with E-state index in [1.807, 2.05) is 25.8 Å².